The third kappa shape index (κ3) is 3.65. The van der Waals surface area contributed by atoms with Crippen molar-refractivity contribution in [1.29, 1.82) is 0 Å². The number of methoxy groups -OCH3 is 1. The molecule has 0 spiro atoms. The Kier molecular flexibility index (Phi) is 5.49. The van der Waals surface area contributed by atoms with E-state index in [0.717, 1.165) is 5.56 Å². The molecule has 0 aliphatic heterocycles. The molecule has 100 valence electrons. The number of carbonyl (C=O) groups is 1. The lowest BCUT2D eigenvalue weighted by atomic mass is 10.0. The molecule has 1 rings (SSSR count). The van der Waals surface area contributed by atoms with Crippen LogP contribution in [0, 0.1) is 0 Å². The van der Waals surface area contributed by atoms with Crippen LogP contribution in [0.3, 0.4) is 0 Å². The van der Waals surface area contributed by atoms with E-state index in [1.807, 2.05) is 18.2 Å². The van der Waals surface area contributed by atoms with Crippen LogP contribution in [-0.4, -0.2) is 26.3 Å². The minimum Gasteiger partial charge on any atom is -0.493 e. The molecule has 0 bridgehead atoms. The Morgan fingerprint density at radius 3 is 2.61 bits per heavy atom. The van der Waals surface area contributed by atoms with Crippen LogP contribution in [0.25, 0.3) is 0 Å². The highest BCUT2D eigenvalue weighted by Crippen LogP contribution is 2.35. The third-order valence-corrected chi connectivity index (χ3v) is 2.49. The molecule has 0 saturated heterocycles. The van der Waals surface area contributed by atoms with Crippen molar-refractivity contribution in [3.05, 3.63) is 23.8 Å². The van der Waals surface area contributed by atoms with Crippen molar-refractivity contribution < 1.29 is 19.0 Å². The van der Waals surface area contributed by atoms with Crippen LogP contribution in [0.4, 0.5) is 0 Å². The van der Waals surface area contributed by atoms with Crippen molar-refractivity contribution >= 4 is 5.97 Å². The third-order valence-electron chi connectivity index (χ3n) is 2.49. The van der Waals surface area contributed by atoms with Crippen molar-refractivity contribution in [1.82, 2.24) is 0 Å². The van der Waals surface area contributed by atoms with E-state index in [4.69, 9.17) is 14.2 Å². The maximum Gasteiger partial charge on any atom is 0.344 e. The fourth-order valence-electron chi connectivity index (χ4n) is 1.64. The first-order valence-electron chi connectivity index (χ1n) is 6.05. The average molecular weight is 252 g/mol. The maximum atomic E-state index is 11.3. The molecule has 0 aromatic heterocycles. The number of hydrogen-bond acceptors (Lipinski definition) is 4. The van der Waals surface area contributed by atoms with Gasteiger partial charge < -0.3 is 14.2 Å². The van der Waals surface area contributed by atoms with E-state index in [1.54, 1.807) is 14.0 Å². The van der Waals surface area contributed by atoms with Gasteiger partial charge in [0.25, 0.3) is 0 Å². The van der Waals surface area contributed by atoms with Gasteiger partial charge in [-0.15, -0.1) is 0 Å². The summed E-state index contributed by atoms with van der Waals surface area (Å²) in [5, 5.41) is 0. The molecule has 0 fully saturated rings. The molecule has 1 aromatic rings. The largest absolute Gasteiger partial charge is 0.493 e. The molecule has 4 heteroatoms. The summed E-state index contributed by atoms with van der Waals surface area (Å²) in [6, 6.07) is 5.69. The summed E-state index contributed by atoms with van der Waals surface area (Å²) in [4.78, 5) is 11.3. The van der Waals surface area contributed by atoms with Crippen LogP contribution in [0.1, 0.15) is 32.3 Å². The maximum absolute atomic E-state index is 11.3. The summed E-state index contributed by atoms with van der Waals surface area (Å²) in [5.74, 6) is 1.16. The van der Waals surface area contributed by atoms with Crippen molar-refractivity contribution in [2.24, 2.45) is 0 Å². The molecule has 0 radical (unpaired) electrons. The topological polar surface area (TPSA) is 44.8 Å². The molecule has 0 heterocycles. The van der Waals surface area contributed by atoms with Gasteiger partial charge in [0.2, 0.25) is 0 Å². The summed E-state index contributed by atoms with van der Waals surface area (Å²) >= 11 is 0. The minimum atomic E-state index is -0.377. The van der Waals surface area contributed by atoms with Crippen molar-refractivity contribution in [3.63, 3.8) is 0 Å². The minimum absolute atomic E-state index is 0.103. The van der Waals surface area contributed by atoms with Gasteiger partial charge in [-0.3, -0.25) is 0 Å². The van der Waals surface area contributed by atoms with Gasteiger partial charge in [0.1, 0.15) is 0 Å². The summed E-state index contributed by atoms with van der Waals surface area (Å²) < 4.78 is 15.6. The molecular formula is C14H20O4. The first-order chi connectivity index (χ1) is 8.60. The lowest BCUT2D eigenvalue weighted by Crippen LogP contribution is -2.15. The van der Waals surface area contributed by atoms with E-state index in [0.29, 0.717) is 18.1 Å². The average Bonchev–Trinajstić information content (AvgIpc) is 2.36. The Bertz CT molecular complexity index is 399. The zero-order valence-corrected chi connectivity index (χ0v) is 11.4. The number of hydrogen-bond donors (Lipinski definition) is 0. The van der Waals surface area contributed by atoms with Gasteiger partial charge in [-0.2, -0.15) is 0 Å². The number of benzene rings is 1. The molecule has 0 aliphatic carbocycles. The molecule has 0 amide bonds. The van der Waals surface area contributed by atoms with Crippen LogP contribution in [-0.2, 0) is 9.53 Å². The molecule has 0 aliphatic rings. The van der Waals surface area contributed by atoms with Gasteiger partial charge in [0.05, 0.1) is 13.7 Å². The van der Waals surface area contributed by atoms with Gasteiger partial charge in [-0.25, -0.2) is 4.79 Å². The normalized spacial score (nSPS) is 10.3. The molecule has 0 atom stereocenters. The summed E-state index contributed by atoms with van der Waals surface area (Å²) in [7, 11) is 1.58. The van der Waals surface area contributed by atoms with E-state index < -0.39 is 0 Å². The van der Waals surface area contributed by atoms with Gasteiger partial charge in [-0.05, 0) is 18.9 Å². The lowest BCUT2D eigenvalue weighted by Gasteiger charge is -2.16. The summed E-state index contributed by atoms with van der Waals surface area (Å²) in [5.41, 5.74) is 1.01. The van der Waals surface area contributed by atoms with Crippen molar-refractivity contribution in [2.45, 2.75) is 26.7 Å². The Labute approximate surface area is 108 Å². The van der Waals surface area contributed by atoms with Crippen LogP contribution < -0.4 is 9.47 Å². The number of ether oxygens (including phenoxy) is 3. The molecule has 1 aromatic carbocycles. The monoisotopic (exact) mass is 252 g/mol. The smallest absolute Gasteiger partial charge is 0.344 e. The van der Waals surface area contributed by atoms with Crippen molar-refractivity contribution in [3.8, 4) is 11.5 Å². The molecule has 0 N–H and O–H groups in total. The van der Waals surface area contributed by atoms with E-state index in [9.17, 15) is 4.79 Å². The quantitative estimate of drug-likeness (QED) is 0.730. The highest BCUT2D eigenvalue weighted by Gasteiger charge is 2.14. The second-order valence-electron chi connectivity index (χ2n) is 4.13. The summed E-state index contributed by atoms with van der Waals surface area (Å²) in [6.07, 6.45) is 0. The Morgan fingerprint density at radius 1 is 1.33 bits per heavy atom. The zero-order valence-electron chi connectivity index (χ0n) is 11.4. The fourth-order valence-corrected chi connectivity index (χ4v) is 1.64. The van der Waals surface area contributed by atoms with Crippen LogP contribution in [0.2, 0.25) is 0 Å². The Hall–Kier alpha value is -1.71. The van der Waals surface area contributed by atoms with Crippen LogP contribution >= 0.6 is 0 Å². The predicted octanol–water partition coefficient (Wildman–Crippen LogP) is 2.76. The van der Waals surface area contributed by atoms with Gasteiger partial charge in [0, 0.05) is 5.56 Å². The van der Waals surface area contributed by atoms with Crippen LogP contribution in [0.5, 0.6) is 11.5 Å². The highest BCUT2D eigenvalue weighted by atomic mass is 16.6. The van der Waals surface area contributed by atoms with Crippen LogP contribution in [0.15, 0.2) is 18.2 Å². The Balaban J connectivity index is 2.87. The highest BCUT2D eigenvalue weighted by molar-refractivity contribution is 5.71. The van der Waals surface area contributed by atoms with E-state index in [2.05, 4.69) is 13.8 Å². The number of carbonyl (C=O) groups excluding carboxylic acids is 1. The second kappa shape index (κ2) is 6.89. The molecule has 0 unspecified atom stereocenters. The van der Waals surface area contributed by atoms with Crippen molar-refractivity contribution in [2.75, 3.05) is 20.3 Å². The second-order valence-corrected chi connectivity index (χ2v) is 4.13. The van der Waals surface area contributed by atoms with Gasteiger partial charge in [-0.1, -0.05) is 26.0 Å². The molecular weight excluding hydrogens is 232 g/mol. The standard InChI is InChI=1S/C14H20O4/c1-5-17-13(15)9-18-14-11(10(2)3)7-6-8-12(14)16-4/h6-8,10H,5,9H2,1-4H3. The SMILES string of the molecule is CCOC(=O)COc1c(OC)cccc1C(C)C. The van der Waals surface area contributed by atoms with Gasteiger partial charge >= 0.3 is 5.97 Å². The predicted molar refractivity (Wildman–Crippen MR) is 69.2 cm³/mol. The number of para-hydroxylation sites is 1. The number of rotatable bonds is 6. The van der Waals surface area contributed by atoms with Gasteiger partial charge in [0.15, 0.2) is 18.1 Å². The first-order valence-corrected chi connectivity index (χ1v) is 6.05. The molecule has 0 saturated carbocycles. The van der Waals surface area contributed by atoms with E-state index in [1.165, 1.54) is 0 Å². The number of esters is 1. The summed E-state index contributed by atoms with van der Waals surface area (Å²) in [6.45, 7) is 6.14. The van der Waals surface area contributed by atoms with E-state index in [-0.39, 0.29) is 18.5 Å². The Morgan fingerprint density at radius 2 is 2.06 bits per heavy atom. The lowest BCUT2D eigenvalue weighted by molar-refractivity contribution is -0.145. The zero-order chi connectivity index (χ0) is 13.5. The first kappa shape index (κ1) is 14.4. The fraction of sp³-hybridized carbons (Fsp3) is 0.500. The molecule has 4 nitrogen and oxygen atoms in total. The van der Waals surface area contributed by atoms with E-state index >= 15 is 0 Å². The molecule has 18 heavy (non-hydrogen) atoms.